The quantitative estimate of drug-likeness (QED) is 0.800. The average Bonchev–Trinajstić information content (AvgIpc) is 2.15. The van der Waals surface area contributed by atoms with Gasteiger partial charge >= 0.3 is 0 Å². The second-order valence-electron chi connectivity index (χ2n) is 6.11. The van der Waals surface area contributed by atoms with Crippen LogP contribution in [0.5, 0.6) is 0 Å². The number of hydrogen-bond donors (Lipinski definition) is 1. The summed E-state index contributed by atoms with van der Waals surface area (Å²) in [5.41, 5.74) is 0.518. The van der Waals surface area contributed by atoms with E-state index in [9.17, 15) is 0 Å². The van der Waals surface area contributed by atoms with Crippen molar-refractivity contribution in [1.82, 2.24) is 10.2 Å². The van der Waals surface area contributed by atoms with Crippen molar-refractivity contribution in [3.8, 4) is 0 Å². The fourth-order valence-corrected chi connectivity index (χ4v) is 3.41. The van der Waals surface area contributed by atoms with E-state index in [0.717, 1.165) is 13.1 Å². The maximum absolute atomic E-state index is 3.70. The Morgan fingerprint density at radius 2 is 2.12 bits per heavy atom. The van der Waals surface area contributed by atoms with E-state index in [1.807, 2.05) is 0 Å². The van der Waals surface area contributed by atoms with E-state index >= 15 is 0 Å². The highest BCUT2D eigenvalue weighted by Gasteiger charge is 2.27. The third-order valence-electron chi connectivity index (χ3n) is 3.39. The Morgan fingerprint density at radius 1 is 1.44 bits per heavy atom. The van der Waals surface area contributed by atoms with Gasteiger partial charge in [0.05, 0.1) is 0 Å². The lowest BCUT2D eigenvalue weighted by atomic mass is 9.88. The van der Waals surface area contributed by atoms with Gasteiger partial charge in [-0.25, -0.2) is 0 Å². The van der Waals surface area contributed by atoms with Crippen LogP contribution in [0, 0.1) is 5.41 Å². The van der Waals surface area contributed by atoms with Crippen LogP contribution in [0.4, 0.5) is 0 Å². The minimum Gasteiger partial charge on any atom is -0.312 e. The highest BCUT2D eigenvalue weighted by atomic mass is 32.2. The molecule has 1 saturated heterocycles. The molecular formula is C13H28N2S. The summed E-state index contributed by atoms with van der Waals surface area (Å²) in [5.74, 6) is 2.60. The lowest BCUT2D eigenvalue weighted by Gasteiger charge is -2.35. The van der Waals surface area contributed by atoms with E-state index in [1.54, 1.807) is 0 Å². The van der Waals surface area contributed by atoms with Gasteiger partial charge in [-0.05, 0) is 38.5 Å². The van der Waals surface area contributed by atoms with Gasteiger partial charge in [0.2, 0.25) is 0 Å². The molecule has 0 spiro atoms. The first-order chi connectivity index (χ1) is 7.41. The number of rotatable bonds is 5. The number of thioether (sulfide) groups is 1. The van der Waals surface area contributed by atoms with Crippen LogP contribution in [0.3, 0.4) is 0 Å². The summed E-state index contributed by atoms with van der Waals surface area (Å²) < 4.78 is 0. The molecule has 0 aromatic heterocycles. The summed E-state index contributed by atoms with van der Waals surface area (Å²) in [6.45, 7) is 11.5. The van der Waals surface area contributed by atoms with Crippen LogP contribution < -0.4 is 5.32 Å². The maximum atomic E-state index is 3.70. The molecule has 0 aliphatic carbocycles. The third-order valence-corrected chi connectivity index (χ3v) is 5.01. The van der Waals surface area contributed by atoms with Gasteiger partial charge in [-0.1, -0.05) is 13.8 Å². The van der Waals surface area contributed by atoms with Crippen molar-refractivity contribution >= 4 is 11.8 Å². The van der Waals surface area contributed by atoms with Crippen molar-refractivity contribution in [2.24, 2.45) is 5.41 Å². The first-order valence-electron chi connectivity index (χ1n) is 6.42. The summed E-state index contributed by atoms with van der Waals surface area (Å²) in [7, 11) is 2.20. The Morgan fingerprint density at radius 3 is 2.69 bits per heavy atom. The molecule has 1 rings (SSSR count). The summed E-state index contributed by atoms with van der Waals surface area (Å²) in [6, 6.07) is 1.37. The summed E-state index contributed by atoms with van der Waals surface area (Å²) >= 11 is 2.10. The van der Waals surface area contributed by atoms with Crippen molar-refractivity contribution < 1.29 is 0 Å². The first-order valence-corrected chi connectivity index (χ1v) is 7.57. The highest BCUT2D eigenvalue weighted by molar-refractivity contribution is 7.99. The first kappa shape index (κ1) is 14.3. The highest BCUT2D eigenvalue weighted by Crippen LogP contribution is 2.33. The predicted octanol–water partition coefficient (Wildman–Crippen LogP) is 2.45. The molecule has 0 aromatic rings. The zero-order valence-electron chi connectivity index (χ0n) is 11.5. The van der Waals surface area contributed by atoms with Gasteiger partial charge in [0.15, 0.2) is 0 Å². The second kappa shape index (κ2) is 6.27. The van der Waals surface area contributed by atoms with Gasteiger partial charge in [-0.15, -0.1) is 0 Å². The molecule has 0 aromatic carbocycles. The molecule has 1 fully saturated rings. The SMILES string of the molecule is CC(C)N(C)CCNC1CSCC(C)(C)C1. The molecular weight excluding hydrogens is 216 g/mol. The maximum Gasteiger partial charge on any atom is 0.0164 e. The molecule has 1 unspecified atom stereocenters. The van der Waals surface area contributed by atoms with Crippen molar-refractivity contribution in [2.45, 2.75) is 46.2 Å². The van der Waals surface area contributed by atoms with Gasteiger partial charge in [0.1, 0.15) is 0 Å². The molecule has 1 N–H and O–H groups in total. The summed E-state index contributed by atoms with van der Waals surface area (Å²) in [4.78, 5) is 2.40. The van der Waals surface area contributed by atoms with Gasteiger partial charge in [0.25, 0.3) is 0 Å². The molecule has 0 saturated carbocycles. The molecule has 1 aliphatic rings. The van der Waals surface area contributed by atoms with E-state index in [4.69, 9.17) is 0 Å². The van der Waals surface area contributed by atoms with Crippen LogP contribution in [-0.4, -0.2) is 48.6 Å². The van der Waals surface area contributed by atoms with Crippen LogP contribution in [-0.2, 0) is 0 Å². The fourth-order valence-electron chi connectivity index (χ4n) is 2.10. The molecule has 1 aliphatic heterocycles. The van der Waals surface area contributed by atoms with Crippen molar-refractivity contribution in [1.29, 1.82) is 0 Å². The van der Waals surface area contributed by atoms with E-state index in [2.05, 4.69) is 56.7 Å². The minimum atomic E-state index is 0.518. The summed E-state index contributed by atoms with van der Waals surface area (Å²) in [5, 5.41) is 3.70. The molecule has 16 heavy (non-hydrogen) atoms. The minimum absolute atomic E-state index is 0.518. The van der Waals surface area contributed by atoms with Gasteiger partial charge in [-0.3, -0.25) is 0 Å². The standard InChI is InChI=1S/C13H28N2S/c1-11(2)15(5)7-6-14-12-8-13(3,4)10-16-9-12/h11-12,14H,6-10H2,1-5H3. The molecule has 0 radical (unpaired) electrons. The molecule has 0 amide bonds. The lowest BCUT2D eigenvalue weighted by Crippen LogP contribution is -2.43. The van der Waals surface area contributed by atoms with Crippen LogP contribution in [0.1, 0.15) is 34.1 Å². The fraction of sp³-hybridized carbons (Fsp3) is 1.00. The van der Waals surface area contributed by atoms with Gasteiger partial charge in [-0.2, -0.15) is 11.8 Å². The number of nitrogens with one attached hydrogen (secondary N) is 1. The zero-order chi connectivity index (χ0) is 12.2. The monoisotopic (exact) mass is 244 g/mol. The Hall–Kier alpha value is 0.270. The Bertz CT molecular complexity index is 204. The largest absolute Gasteiger partial charge is 0.312 e. The Kier molecular flexibility index (Phi) is 5.62. The smallest absolute Gasteiger partial charge is 0.0164 e. The van der Waals surface area contributed by atoms with E-state index in [1.165, 1.54) is 17.9 Å². The third kappa shape index (κ3) is 5.07. The molecule has 1 atom stereocenters. The molecule has 3 heteroatoms. The number of likely N-dealkylation sites (N-methyl/N-ethyl adjacent to an activating group) is 1. The van der Waals surface area contributed by atoms with Crippen LogP contribution in [0.2, 0.25) is 0 Å². The van der Waals surface area contributed by atoms with Crippen LogP contribution >= 0.6 is 11.8 Å². The molecule has 96 valence electrons. The molecule has 1 heterocycles. The number of nitrogens with zero attached hydrogens (tertiary/aromatic N) is 1. The van der Waals surface area contributed by atoms with E-state index < -0.39 is 0 Å². The lowest BCUT2D eigenvalue weighted by molar-refractivity contribution is 0.258. The normalized spacial score (nSPS) is 25.3. The van der Waals surface area contributed by atoms with Crippen molar-refractivity contribution in [3.63, 3.8) is 0 Å². The van der Waals surface area contributed by atoms with Gasteiger partial charge in [0, 0.05) is 30.9 Å². The molecule has 2 nitrogen and oxygen atoms in total. The second-order valence-corrected chi connectivity index (χ2v) is 7.14. The average molecular weight is 244 g/mol. The van der Waals surface area contributed by atoms with E-state index in [-0.39, 0.29) is 0 Å². The Labute approximate surface area is 106 Å². The van der Waals surface area contributed by atoms with Crippen molar-refractivity contribution in [3.05, 3.63) is 0 Å². The summed E-state index contributed by atoms with van der Waals surface area (Å²) in [6.07, 6.45) is 1.32. The van der Waals surface area contributed by atoms with Crippen LogP contribution in [0.15, 0.2) is 0 Å². The zero-order valence-corrected chi connectivity index (χ0v) is 12.4. The predicted molar refractivity (Wildman–Crippen MR) is 75.3 cm³/mol. The van der Waals surface area contributed by atoms with Crippen LogP contribution in [0.25, 0.3) is 0 Å². The van der Waals surface area contributed by atoms with Crippen molar-refractivity contribution in [2.75, 3.05) is 31.6 Å². The number of hydrogen-bond acceptors (Lipinski definition) is 3. The van der Waals surface area contributed by atoms with Gasteiger partial charge < -0.3 is 10.2 Å². The van der Waals surface area contributed by atoms with E-state index in [0.29, 0.717) is 17.5 Å². The molecule has 0 bridgehead atoms. The Balaban J connectivity index is 2.18. The topological polar surface area (TPSA) is 15.3 Å².